The van der Waals surface area contributed by atoms with Gasteiger partial charge in [0.15, 0.2) is 5.11 Å². The van der Waals surface area contributed by atoms with E-state index in [1.165, 1.54) is 0 Å². The van der Waals surface area contributed by atoms with E-state index in [0.717, 1.165) is 32.8 Å². The minimum absolute atomic E-state index is 0.172. The number of rotatable bonds is 4. The Hall–Kier alpha value is -3.16. The van der Waals surface area contributed by atoms with Crippen LogP contribution in [-0.2, 0) is 0 Å². The maximum Gasteiger partial charge on any atom is 0.174 e. The molecule has 4 aromatic rings. The quantitative estimate of drug-likeness (QED) is 0.318. The van der Waals surface area contributed by atoms with Gasteiger partial charge < -0.3 is 19.9 Å². The fourth-order valence-corrected chi connectivity index (χ4v) is 5.42. The van der Waals surface area contributed by atoms with Crippen LogP contribution in [0.2, 0.25) is 0 Å². The van der Waals surface area contributed by atoms with Crippen molar-refractivity contribution in [2.24, 2.45) is 0 Å². The Balaban J connectivity index is 1.70. The number of phenolic OH excluding ortho intramolecular Hbond substituents is 1. The zero-order valence-electron chi connectivity index (χ0n) is 18.2. The van der Waals surface area contributed by atoms with Crippen molar-refractivity contribution in [3.05, 3.63) is 106 Å². The highest BCUT2D eigenvalue weighted by Gasteiger charge is 2.43. The molecule has 5 nitrogen and oxygen atoms in total. The predicted octanol–water partition coefficient (Wildman–Crippen LogP) is 6.13. The van der Waals surface area contributed by atoms with Gasteiger partial charge >= 0.3 is 0 Å². The van der Waals surface area contributed by atoms with Gasteiger partial charge in [-0.25, -0.2) is 0 Å². The number of nitrogens with zero attached hydrogens (tertiary/aromatic N) is 3. The lowest BCUT2D eigenvalue weighted by molar-refractivity contribution is 0.472. The summed E-state index contributed by atoms with van der Waals surface area (Å²) < 4.78 is 3.28. The van der Waals surface area contributed by atoms with Gasteiger partial charge in [-0.1, -0.05) is 40.2 Å². The Labute approximate surface area is 206 Å². The molecule has 166 valence electrons. The van der Waals surface area contributed by atoms with Gasteiger partial charge in [-0.15, -0.1) is 0 Å². The van der Waals surface area contributed by atoms with Gasteiger partial charge in [0.2, 0.25) is 0 Å². The number of benzene rings is 2. The second-order valence-electron chi connectivity index (χ2n) is 8.13. The van der Waals surface area contributed by atoms with Gasteiger partial charge in [0.1, 0.15) is 5.75 Å². The van der Waals surface area contributed by atoms with E-state index in [-0.39, 0.29) is 17.8 Å². The number of aryl methyl sites for hydroxylation is 1. The molecular weight excluding hydrogens is 496 g/mol. The monoisotopic (exact) mass is 518 g/mol. The fourth-order valence-electron chi connectivity index (χ4n) is 4.70. The summed E-state index contributed by atoms with van der Waals surface area (Å²) in [4.78, 5) is 6.64. The molecule has 2 aromatic heterocycles. The van der Waals surface area contributed by atoms with Crippen LogP contribution < -0.4 is 10.2 Å². The van der Waals surface area contributed by atoms with E-state index in [0.29, 0.717) is 10.8 Å². The van der Waals surface area contributed by atoms with E-state index in [1.807, 2.05) is 53.4 Å². The highest BCUT2D eigenvalue weighted by molar-refractivity contribution is 9.10. The van der Waals surface area contributed by atoms with E-state index in [4.69, 9.17) is 12.2 Å². The highest BCUT2D eigenvalue weighted by atomic mass is 79.9. The number of nitrogens with one attached hydrogen (secondary N) is 1. The van der Waals surface area contributed by atoms with E-state index in [2.05, 4.69) is 62.8 Å². The topological polar surface area (TPSA) is 53.3 Å². The Morgan fingerprint density at radius 2 is 1.79 bits per heavy atom. The number of anilines is 1. The molecule has 0 amide bonds. The first-order chi connectivity index (χ1) is 16.0. The largest absolute Gasteiger partial charge is 0.506 e. The molecule has 1 aliphatic heterocycles. The average Bonchev–Trinajstić information content (AvgIpc) is 3.30. The summed E-state index contributed by atoms with van der Waals surface area (Å²) in [5.41, 5.74) is 6.01. The van der Waals surface area contributed by atoms with Crippen LogP contribution in [0.5, 0.6) is 5.75 Å². The van der Waals surface area contributed by atoms with Crippen LogP contribution in [-0.4, -0.2) is 19.8 Å². The molecule has 33 heavy (non-hydrogen) atoms. The molecule has 1 saturated heterocycles. The van der Waals surface area contributed by atoms with Crippen molar-refractivity contribution in [2.45, 2.75) is 25.9 Å². The van der Waals surface area contributed by atoms with Crippen molar-refractivity contribution in [1.82, 2.24) is 14.9 Å². The van der Waals surface area contributed by atoms with Crippen LogP contribution in [0.25, 0.3) is 5.69 Å². The molecule has 7 heteroatoms. The smallest absolute Gasteiger partial charge is 0.174 e. The number of para-hydroxylation sites is 2. The van der Waals surface area contributed by atoms with Crippen LogP contribution in [0.3, 0.4) is 0 Å². The highest BCUT2D eigenvalue weighted by Crippen LogP contribution is 2.45. The summed E-state index contributed by atoms with van der Waals surface area (Å²) in [5.74, 6) is 0.189. The minimum atomic E-state index is -0.187. The lowest BCUT2D eigenvalue weighted by atomic mass is 9.96. The number of hydrogen-bond donors (Lipinski definition) is 2. The maximum absolute atomic E-state index is 10.7. The van der Waals surface area contributed by atoms with Gasteiger partial charge in [0.05, 0.1) is 23.5 Å². The molecular formula is C26H23BrN4OS. The summed E-state index contributed by atoms with van der Waals surface area (Å²) in [6.07, 6.45) is 1.80. The number of hydrogen-bond acceptors (Lipinski definition) is 3. The van der Waals surface area contributed by atoms with Gasteiger partial charge in [-0.2, -0.15) is 0 Å². The lowest BCUT2D eigenvalue weighted by Gasteiger charge is -2.28. The van der Waals surface area contributed by atoms with Crippen molar-refractivity contribution in [2.75, 3.05) is 4.90 Å². The van der Waals surface area contributed by atoms with Gasteiger partial charge in [-0.05, 0) is 80.2 Å². The third-order valence-corrected chi connectivity index (χ3v) is 6.90. The third-order valence-electron chi connectivity index (χ3n) is 6.09. The number of halogens is 1. The first kappa shape index (κ1) is 21.7. The molecule has 0 bridgehead atoms. The van der Waals surface area contributed by atoms with Gasteiger partial charge in [0, 0.05) is 27.7 Å². The molecule has 5 rings (SSSR count). The number of aromatic nitrogens is 2. The molecule has 0 saturated carbocycles. The number of pyridine rings is 1. The van der Waals surface area contributed by atoms with Crippen LogP contribution in [0.15, 0.2) is 83.5 Å². The Morgan fingerprint density at radius 1 is 1.00 bits per heavy atom. The van der Waals surface area contributed by atoms with Crippen molar-refractivity contribution in [3.63, 3.8) is 0 Å². The van der Waals surface area contributed by atoms with E-state index in [9.17, 15) is 5.11 Å². The molecule has 0 unspecified atom stereocenters. The SMILES string of the molecule is Cc1cc([C@@H]2[C@@H](c3ccccn3)NC(=S)N2c2ccccc2O)c(C)n1-c1cccc(Br)c1. The molecule has 2 aromatic carbocycles. The number of thiocarbonyl (C=S) groups is 1. The van der Waals surface area contributed by atoms with E-state index < -0.39 is 0 Å². The first-order valence-corrected chi connectivity index (χ1v) is 11.9. The molecule has 0 aliphatic carbocycles. The van der Waals surface area contributed by atoms with Crippen molar-refractivity contribution in [3.8, 4) is 11.4 Å². The van der Waals surface area contributed by atoms with Crippen LogP contribution in [0.1, 0.15) is 34.7 Å². The Kier molecular flexibility index (Phi) is 5.68. The minimum Gasteiger partial charge on any atom is -0.506 e. The zero-order chi connectivity index (χ0) is 23.1. The Bertz CT molecular complexity index is 1340. The third kappa shape index (κ3) is 3.81. The zero-order valence-corrected chi connectivity index (χ0v) is 20.6. The molecule has 1 aliphatic rings. The molecule has 3 heterocycles. The average molecular weight is 519 g/mol. The second-order valence-corrected chi connectivity index (χ2v) is 9.43. The van der Waals surface area contributed by atoms with Crippen molar-refractivity contribution >= 4 is 38.9 Å². The van der Waals surface area contributed by atoms with Crippen molar-refractivity contribution < 1.29 is 5.11 Å². The van der Waals surface area contributed by atoms with Gasteiger partial charge in [-0.3, -0.25) is 4.98 Å². The molecule has 0 radical (unpaired) electrons. The summed E-state index contributed by atoms with van der Waals surface area (Å²) in [7, 11) is 0. The summed E-state index contributed by atoms with van der Waals surface area (Å²) in [6.45, 7) is 4.24. The fraction of sp³-hybridized carbons (Fsp3) is 0.154. The van der Waals surface area contributed by atoms with Crippen molar-refractivity contribution in [1.29, 1.82) is 0 Å². The number of aromatic hydroxyl groups is 1. The number of phenols is 1. The normalized spacial score (nSPS) is 17.9. The van der Waals surface area contributed by atoms with E-state index >= 15 is 0 Å². The molecule has 2 N–H and O–H groups in total. The maximum atomic E-state index is 10.7. The molecule has 1 fully saturated rings. The predicted molar refractivity (Wildman–Crippen MR) is 139 cm³/mol. The Morgan fingerprint density at radius 3 is 2.52 bits per heavy atom. The van der Waals surface area contributed by atoms with E-state index in [1.54, 1.807) is 12.3 Å². The van der Waals surface area contributed by atoms with Gasteiger partial charge in [0.25, 0.3) is 0 Å². The summed E-state index contributed by atoms with van der Waals surface area (Å²) in [5, 5.41) is 14.7. The second kappa shape index (κ2) is 8.65. The summed E-state index contributed by atoms with van der Waals surface area (Å²) in [6, 6.07) is 23.3. The van der Waals surface area contributed by atoms with Crippen LogP contribution >= 0.6 is 28.1 Å². The molecule has 0 spiro atoms. The lowest BCUT2D eigenvalue weighted by Crippen LogP contribution is -2.29. The molecule has 2 atom stereocenters. The first-order valence-electron chi connectivity index (χ1n) is 10.7. The van der Waals surface area contributed by atoms with Crippen LogP contribution in [0.4, 0.5) is 5.69 Å². The van der Waals surface area contributed by atoms with Crippen LogP contribution in [0, 0.1) is 13.8 Å². The summed E-state index contributed by atoms with van der Waals surface area (Å²) >= 11 is 9.39. The standard InChI is InChI=1S/C26H23BrN4OS/c1-16-14-20(17(2)30(16)19-9-7-8-18(27)15-19)25-24(21-10-5-6-13-28-21)29-26(33)31(25)22-11-3-4-12-23(22)32/h3-15,24-25,32H,1-2H3,(H,29,33)/t24-,25-/m1/s1.